The summed E-state index contributed by atoms with van der Waals surface area (Å²) in [4.78, 5) is 45.4. The van der Waals surface area contributed by atoms with Crippen LogP contribution < -0.4 is 5.32 Å². The van der Waals surface area contributed by atoms with Gasteiger partial charge in [-0.1, -0.05) is 17.7 Å². The van der Waals surface area contributed by atoms with Crippen molar-refractivity contribution in [2.24, 2.45) is 0 Å². The van der Waals surface area contributed by atoms with Crippen LogP contribution in [0.5, 0.6) is 0 Å². The van der Waals surface area contributed by atoms with Crippen LogP contribution in [0.1, 0.15) is 11.8 Å². The molecule has 1 N–H and O–H groups in total. The van der Waals surface area contributed by atoms with E-state index in [-0.39, 0.29) is 34.8 Å². The van der Waals surface area contributed by atoms with Crippen LogP contribution in [0.3, 0.4) is 0 Å². The lowest BCUT2D eigenvalue weighted by atomic mass is 10.1. The predicted molar refractivity (Wildman–Crippen MR) is 115 cm³/mol. The molecule has 35 heavy (non-hydrogen) atoms. The first kappa shape index (κ1) is 24.2. The molecule has 0 aliphatic carbocycles. The van der Waals surface area contributed by atoms with Crippen LogP contribution in [-0.2, 0) is 42.9 Å². The van der Waals surface area contributed by atoms with Crippen molar-refractivity contribution in [1.82, 2.24) is 19.5 Å². The first-order valence-corrected chi connectivity index (χ1v) is 11.5. The lowest BCUT2D eigenvalue weighted by Crippen LogP contribution is -2.38. The van der Waals surface area contributed by atoms with Gasteiger partial charge in [0.2, 0.25) is 6.41 Å². The Morgan fingerprint density at radius 3 is 2.46 bits per heavy atom. The van der Waals surface area contributed by atoms with E-state index in [0.717, 1.165) is 5.56 Å². The summed E-state index contributed by atoms with van der Waals surface area (Å²) in [5.74, 6) is 0.124. The lowest BCUT2D eigenvalue weighted by molar-refractivity contribution is -0.151. The fraction of sp³-hybridized carbons (Fsp3) is 0.300. The van der Waals surface area contributed by atoms with Crippen molar-refractivity contribution in [2.75, 3.05) is 11.9 Å². The van der Waals surface area contributed by atoms with Crippen LogP contribution in [0, 0.1) is 6.92 Å². The number of amides is 1. The number of hydrogen-bond acceptors (Lipinski definition) is 12. The van der Waals surface area contributed by atoms with Crippen molar-refractivity contribution in [2.45, 2.75) is 36.4 Å². The number of aromatic nitrogens is 4. The molecule has 1 saturated heterocycles. The van der Waals surface area contributed by atoms with Crippen LogP contribution >= 0.6 is 0 Å². The van der Waals surface area contributed by atoms with Gasteiger partial charge in [-0.05, 0) is 19.1 Å². The first-order valence-electron chi connectivity index (χ1n) is 10.1. The van der Waals surface area contributed by atoms with E-state index in [0.29, 0.717) is 6.41 Å². The molecule has 1 amide bonds. The van der Waals surface area contributed by atoms with Crippen molar-refractivity contribution < 1.29 is 41.2 Å². The number of carbonyl (C=O) groups is 3. The maximum absolute atomic E-state index is 12.6. The largest absolute Gasteiger partial charge is 0.458 e. The van der Waals surface area contributed by atoms with Crippen molar-refractivity contribution >= 4 is 46.5 Å². The standard InChI is InChI=1S/C20H19N5O9S/c1-12-2-4-13(5-3-12)35(29,30)33-6-14-16(31-10-27)17(32-11-28)20(34-14)25-8-23-15-18(24-9-26)21-7-22-19(15)25/h2-5,7-11,14,16-17,20H,6H2,1H3,(H,21,22,24,26). The minimum atomic E-state index is -4.17. The number of rotatable bonds is 11. The van der Waals surface area contributed by atoms with Crippen molar-refractivity contribution in [1.29, 1.82) is 0 Å². The quantitative estimate of drug-likeness (QED) is 0.275. The molecule has 0 saturated carbocycles. The normalized spacial score (nSPS) is 22.0. The fourth-order valence-electron chi connectivity index (χ4n) is 3.63. The molecule has 3 heterocycles. The van der Waals surface area contributed by atoms with Gasteiger partial charge in [-0.2, -0.15) is 8.42 Å². The average molecular weight is 505 g/mol. The van der Waals surface area contributed by atoms with E-state index in [1.165, 1.54) is 29.4 Å². The molecule has 3 aromatic rings. The second-order valence-corrected chi connectivity index (χ2v) is 8.93. The number of fused-ring (bicyclic) bond motifs is 1. The van der Waals surface area contributed by atoms with Crippen molar-refractivity contribution in [3.05, 3.63) is 42.5 Å². The monoisotopic (exact) mass is 505 g/mol. The van der Waals surface area contributed by atoms with E-state index in [4.69, 9.17) is 18.4 Å². The summed E-state index contributed by atoms with van der Waals surface area (Å²) in [6, 6.07) is 6.01. The van der Waals surface area contributed by atoms with Crippen molar-refractivity contribution in [3.63, 3.8) is 0 Å². The van der Waals surface area contributed by atoms with Crippen LogP contribution in [0.15, 0.2) is 41.8 Å². The number of benzene rings is 1. The number of imidazole rings is 1. The van der Waals surface area contributed by atoms with Crippen LogP contribution in [0.2, 0.25) is 0 Å². The number of nitrogens with one attached hydrogen (secondary N) is 1. The number of ether oxygens (including phenoxy) is 3. The molecule has 2 aromatic heterocycles. The Morgan fingerprint density at radius 2 is 1.77 bits per heavy atom. The topological polar surface area (TPSA) is 178 Å². The van der Waals surface area contributed by atoms with Crippen LogP contribution in [-0.4, -0.2) is 72.2 Å². The summed E-state index contributed by atoms with van der Waals surface area (Å²) in [6.07, 6.45) is -1.82. The predicted octanol–water partition coefficient (Wildman–Crippen LogP) is 0.0891. The third-order valence-electron chi connectivity index (χ3n) is 5.24. The highest BCUT2D eigenvalue weighted by atomic mass is 32.2. The molecule has 184 valence electrons. The molecule has 0 radical (unpaired) electrons. The molecule has 0 bridgehead atoms. The first-order chi connectivity index (χ1) is 16.9. The Labute approximate surface area is 198 Å². The Bertz CT molecular complexity index is 1330. The van der Waals surface area contributed by atoms with E-state index in [2.05, 4.69) is 20.3 Å². The SMILES string of the molecule is Cc1ccc(S(=O)(=O)OCC2OC(n3cnc4c(NC=O)ncnc43)C(OC=O)C2OC=O)cc1. The summed E-state index contributed by atoms with van der Waals surface area (Å²) < 4.78 is 47.9. The van der Waals surface area contributed by atoms with Gasteiger partial charge in [0, 0.05) is 0 Å². The Morgan fingerprint density at radius 1 is 1.06 bits per heavy atom. The van der Waals surface area contributed by atoms with Gasteiger partial charge in [0.25, 0.3) is 23.1 Å². The number of hydrogen-bond donors (Lipinski definition) is 1. The summed E-state index contributed by atoms with van der Waals surface area (Å²) >= 11 is 0. The lowest BCUT2D eigenvalue weighted by Gasteiger charge is -2.21. The molecular weight excluding hydrogens is 486 g/mol. The zero-order chi connectivity index (χ0) is 25.0. The highest BCUT2D eigenvalue weighted by Crippen LogP contribution is 2.36. The summed E-state index contributed by atoms with van der Waals surface area (Å²) in [7, 11) is -4.17. The third-order valence-corrected chi connectivity index (χ3v) is 6.53. The van der Waals surface area contributed by atoms with Gasteiger partial charge in [-0.3, -0.25) is 23.1 Å². The maximum atomic E-state index is 12.6. The fourth-order valence-corrected chi connectivity index (χ4v) is 4.55. The Balaban J connectivity index is 1.63. The highest BCUT2D eigenvalue weighted by Gasteiger charge is 2.50. The van der Waals surface area contributed by atoms with Gasteiger partial charge in [-0.25, -0.2) is 15.0 Å². The van der Waals surface area contributed by atoms with Crippen LogP contribution in [0.25, 0.3) is 11.2 Å². The van der Waals surface area contributed by atoms with E-state index in [1.807, 2.05) is 0 Å². The van der Waals surface area contributed by atoms with E-state index in [9.17, 15) is 22.8 Å². The van der Waals surface area contributed by atoms with Gasteiger partial charge in [0.15, 0.2) is 35.4 Å². The van der Waals surface area contributed by atoms with Crippen molar-refractivity contribution in [3.8, 4) is 0 Å². The molecule has 1 fully saturated rings. The summed E-state index contributed by atoms with van der Waals surface area (Å²) in [5.41, 5.74) is 1.28. The summed E-state index contributed by atoms with van der Waals surface area (Å²) in [5, 5.41) is 2.39. The molecular formula is C20H19N5O9S. The highest BCUT2D eigenvalue weighted by molar-refractivity contribution is 7.86. The van der Waals surface area contributed by atoms with Gasteiger partial charge in [0.05, 0.1) is 17.8 Å². The molecule has 1 aliphatic rings. The molecule has 1 aromatic carbocycles. The average Bonchev–Trinajstić information content (AvgIpc) is 3.41. The molecule has 4 unspecified atom stereocenters. The number of aryl methyl sites for hydroxylation is 1. The summed E-state index contributed by atoms with van der Waals surface area (Å²) in [6.45, 7) is 1.52. The molecule has 1 aliphatic heterocycles. The Kier molecular flexibility index (Phi) is 6.99. The van der Waals surface area contributed by atoms with Gasteiger partial charge < -0.3 is 19.5 Å². The third kappa shape index (κ3) is 4.82. The Hall–Kier alpha value is -3.95. The molecule has 15 heteroatoms. The maximum Gasteiger partial charge on any atom is 0.297 e. The minimum Gasteiger partial charge on any atom is -0.458 e. The van der Waals surface area contributed by atoms with Gasteiger partial charge in [-0.15, -0.1) is 0 Å². The molecule has 4 rings (SSSR count). The number of anilines is 1. The van der Waals surface area contributed by atoms with E-state index in [1.54, 1.807) is 19.1 Å². The van der Waals surface area contributed by atoms with Crippen LogP contribution in [0.4, 0.5) is 5.82 Å². The second-order valence-electron chi connectivity index (χ2n) is 7.32. The minimum absolute atomic E-state index is 0.0706. The molecule has 14 nitrogen and oxygen atoms in total. The number of nitrogens with zero attached hydrogens (tertiary/aromatic N) is 4. The van der Waals surface area contributed by atoms with E-state index < -0.39 is 41.3 Å². The number of carbonyl (C=O) groups excluding carboxylic acids is 3. The zero-order valence-electron chi connectivity index (χ0n) is 18.1. The van der Waals surface area contributed by atoms with E-state index >= 15 is 0 Å². The smallest absolute Gasteiger partial charge is 0.297 e. The second kappa shape index (κ2) is 10.1. The van der Waals surface area contributed by atoms with Gasteiger partial charge in [0.1, 0.15) is 12.4 Å². The molecule has 4 atom stereocenters. The van der Waals surface area contributed by atoms with Gasteiger partial charge >= 0.3 is 0 Å². The zero-order valence-corrected chi connectivity index (χ0v) is 18.9. The molecule has 0 spiro atoms.